The van der Waals surface area contributed by atoms with Crippen molar-refractivity contribution >= 4 is 34.9 Å². The number of amides is 3. The highest BCUT2D eigenvalue weighted by Gasteiger charge is 2.29. The Labute approximate surface area is 248 Å². The average Bonchev–Trinajstić information content (AvgIpc) is 3.43. The van der Waals surface area contributed by atoms with Crippen LogP contribution < -0.4 is 21.3 Å². The lowest BCUT2D eigenvalue weighted by molar-refractivity contribution is -0.122. The largest absolute Gasteiger partial charge is 0.444 e. The third kappa shape index (κ3) is 8.43. The number of nitrogen functional groups attached to an aromatic ring is 1. The number of ether oxygens (including phenoxy) is 1. The number of rotatable bonds is 7. The Balaban J connectivity index is 1.42. The molecule has 0 saturated carbocycles. The van der Waals surface area contributed by atoms with Crippen molar-refractivity contribution < 1.29 is 27.5 Å². The summed E-state index contributed by atoms with van der Waals surface area (Å²) in [6.45, 7) is 9.16. The SMILES string of the molecule is C=CN(c1cccc(NC(=O)NCC(F)(F)F)c1)c1ccc(-c2cnn(C3CCN(C(=O)OC(C)(C)C)CC3)c2)cc1N. The molecule has 4 N–H and O–H groups in total. The van der Waals surface area contributed by atoms with Crippen molar-refractivity contribution in [2.75, 3.05) is 35.6 Å². The molecule has 43 heavy (non-hydrogen) atoms. The number of piperidine rings is 1. The van der Waals surface area contributed by atoms with Gasteiger partial charge in [-0.3, -0.25) is 4.68 Å². The number of hydrogen-bond acceptors (Lipinski definition) is 6. The molecule has 0 unspecified atom stereocenters. The fraction of sp³-hybridized carbons (Fsp3) is 0.367. The van der Waals surface area contributed by atoms with E-state index in [9.17, 15) is 22.8 Å². The van der Waals surface area contributed by atoms with Crippen molar-refractivity contribution in [2.24, 2.45) is 0 Å². The Hall–Kier alpha value is -4.68. The smallest absolute Gasteiger partial charge is 0.410 e. The summed E-state index contributed by atoms with van der Waals surface area (Å²) in [7, 11) is 0. The van der Waals surface area contributed by atoms with E-state index in [0.29, 0.717) is 35.8 Å². The predicted molar refractivity (Wildman–Crippen MR) is 160 cm³/mol. The van der Waals surface area contributed by atoms with Crippen molar-refractivity contribution in [3.05, 3.63) is 67.6 Å². The fourth-order valence-electron chi connectivity index (χ4n) is 4.71. The van der Waals surface area contributed by atoms with E-state index in [1.54, 1.807) is 51.8 Å². The lowest BCUT2D eigenvalue weighted by Crippen LogP contribution is -2.42. The lowest BCUT2D eigenvalue weighted by Gasteiger charge is -2.33. The molecule has 13 heteroatoms. The summed E-state index contributed by atoms with van der Waals surface area (Å²) in [5.41, 5.74) is 9.63. The molecule has 10 nitrogen and oxygen atoms in total. The van der Waals surface area contributed by atoms with Crippen LogP contribution in [0.2, 0.25) is 0 Å². The Kier molecular flexibility index (Phi) is 9.22. The number of nitrogens with two attached hydrogens (primary N) is 1. The summed E-state index contributed by atoms with van der Waals surface area (Å²) in [6, 6.07) is 11.3. The second-order valence-electron chi connectivity index (χ2n) is 11.2. The number of nitrogens with one attached hydrogen (secondary N) is 2. The molecular weight excluding hydrogens is 563 g/mol. The predicted octanol–water partition coefficient (Wildman–Crippen LogP) is 6.67. The van der Waals surface area contributed by atoms with Crippen LogP contribution in [-0.2, 0) is 4.74 Å². The highest BCUT2D eigenvalue weighted by Crippen LogP contribution is 2.35. The van der Waals surface area contributed by atoms with E-state index in [1.165, 1.54) is 0 Å². The van der Waals surface area contributed by atoms with E-state index in [-0.39, 0.29) is 12.1 Å². The monoisotopic (exact) mass is 599 g/mol. The topological polar surface area (TPSA) is 118 Å². The number of carbonyl (C=O) groups excluding carboxylic acids is 2. The van der Waals surface area contributed by atoms with Gasteiger partial charge in [0.05, 0.1) is 23.6 Å². The summed E-state index contributed by atoms with van der Waals surface area (Å²) in [5.74, 6) is 0. The number of alkyl halides is 3. The second-order valence-corrected chi connectivity index (χ2v) is 11.2. The third-order valence-corrected chi connectivity index (χ3v) is 6.73. The highest BCUT2D eigenvalue weighted by atomic mass is 19.4. The van der Waals surface area contributed by atoms with Crippen LogP contribution in [-0.4, -0.2) is 58.2 Å². The van der Waals surface area contributed by atoms with Crippen LogP contribution in [0.4, 0.5) is 45.5 Å². The molecular formula is C30H36F3N7O3. The molecule has 1 aliphatic heterocycles. The van der Waals surface area contributed by atoms with Gasteiger partial charge in [0.1, 0.15) is 12.1 Å². The Bertz CT molecular complexity index is 1460. The van der Waals surface area contributed by atoms with Crippen LogP contribution in [0.15, 0.2) is 67.6 Å². The van der Waals surface area contributed by atoms with Crippen molar-refractivity contribution in [3.8, 4) is 11.1 Å². The second kappa shape index (κ2) is 12.7. The van der Waals surface area contributed by atoms with E-state index in [2.05, 4.69) is 17.0 Å². The van der Waals surface area contributed by atoms with E-state index in [0.717, 1.165) is 24.0 Å². The molecule has 4 rings (SSSR count). The molecule has 0 atom stereocenters. The standard InChI is InChI=1S/C30H36F3N7O3/c1-5-39(24-8-6-7-22(16-24)37-27(41)35-19-30(31,32)33)26-10-9-20(15-25(26)34)21-17-36-40(18-21)23-11-13-38(14-12-23)28(42)43-29(2,3)4/h5-10,15-18,23H,1,11-14,19,34H2,2-4H3,(H2,35,37,41). The first-order valence-corrected chi connectivity index (χ1v) is 13.8. The zero-order valence-electron chi connectivity index (χ0n) is 24.3. The first-order valence-electron chi connectivity index (χ1n) is 13.8. The minimum atomic E-state index is -4.51. The van der Waals surface area contributed by atoms with Crippen LogP contribution in [0.3, 0.4) is 0 Å². The third-order valence-electron chi connectivity index (χ3n) is 6.73. The molecule has 0 bridgehead atoms. The maximum Gasteiger partial charge on any atom is 0.410 e. The molecule has 1 fully saturated rings. The maximum absolute atomic E-state index is 12.4. The van der Waals surface area contributed by atoms with Crippen LogP contribution >= 0.6 is 0 Å². The summed E-state index contributed by atoms with van der Waals surface area (Å²) < 4.78 is 44.6. The van der Waals surface area contributed by atoms with E-state index >= 15 is 0 Å². The van der Waals surface area contributed by atoms with Crippen molar-refractivity contribution in [3.63, 3.8) is 0 Å². The molecule has 230 valence electrons. The molecule has 3 amide bonds. The number of likely N-dealkylation sites (tertiary alicyclic amines) is 1. The molecule has 1 aliphatic rings. The van der Waals surface area contributed by atoms with E-state index in [1.807, 2.05) is 49.8 Å². The molecule has 0 spiro atoms. The maximum atomic E-state index is 12.4. The first-order chi connectivity index (χ1) is 20.2. The number of nitrogens with zero attached hydrogens (tertiary/aromatic N) is 4. The van der Waals surface area contributed by atoms with Crippen molar-refractivity contribution in [2.45, 2.75) is 51.4 Å². The summed E-state index contributed by atoms with van der Waals surface area (Å²) >= 11 is 0. The van der Waals surface area contributed by atoms with Gasteiger partial charge in [-0.2, -0.15) is 18.3 Å². The summed E-state index contributed by atoms with van der Waals surface area (Å²) in [6.07, 6.45) is 2.00. The lowest BCUT2D eigenvalue weighted by atomic mass is 10.0. The van der Waals surface area contributed by atoms with Gasteiger partial charge in [-0.05, 0) is 69.5 Å². The van der Waals surface area contributed by atoms with Crippen LogP contribution in [0.25, 0.3) is 11.1 Å². The minimum Gasteiger partial charge on any atom is -0.444 e. The normalized spacial score (nSPS) is 14.2. The number of carbonyl (C=O) groups is 2. The van der Waals surface area contributed by atoms with E-state index in [4.69, 9.17) is 10.5 Å². The molecule has 0 radical (unpaired) electrons. The summed E-state index contributed by atoms with van der Waals surface area (Å²) in [5, 5.41) is 8.74. The van der Waals surface area contributed by atoms with Gasteiger partial charge in [0, 0.05) is 42.4 Å². The minimum absolute atomic E-state index is 0.150. The fourth-order valence-corrected chi connectivity index (χ4v) is 4.71. The van der Waals surface area contributed by atoms with Crippen molar-refractivity contribution in [1.29, 1.82) is 0 Å². The number of urea groups is 1. The van der Waals surface area contributed by atoms with Gasteiger partial charge in [-0.25, -0.2) is 9.59 Å². The zero-order chi connectivity index (χ0) is 31.4. The quantitative estimate of drug-likeness (QED) is 0.261. The average molecular weight is 600 g/mol. The first kappa shape index (κ1) is 31.3. The van der Waals surface area contributed by atoms with Gasteiger partial charge in [0.15, 0.2) is 0 Å². The Morgan fingerprint density at radius 3 is 2.49 bits per heavy atom. The van der Waals surface area contributed by atoms with Crippen LogP contribution in [0.5, 0.6) is 0 Å². The Morgan fingerprint density at radius 1 is 1.14 bits per heavy atom. The molecule has 2 heterocycles. The van der Waals surface area contributed by atoms with Gasteiger partial charge >= 0.3 is 18.3 Å². The molecule has 0 aliphatic carbocycles. The molecule has 3 aromatic rings. The number of aromatic nitrogens is 2. The highest BCUT2D eigenvalue weighted by molar-refractivity contribution is 5.90. The number of halogens is 3. The van der Waals surface area contributed by atoms with Gasteiger partial charge in [0.2, 0.25) is 0 Å². The van der Waals surface area contributed by atoms with Gasteiger partial charge in [-0.15, -0.1) is 0 Å². The number of hydrogen-bond donors (Lipinski definition) is 3. The summed E-state index contributed by atoms with van der Waals surface area (Å²) in [4.78, 5) is 27.7. The van der Waals surface area contributed by atoms with Crippen LogP contribution in [0.1, 0.15) is 39.7 Å². The van der Waals surface area contributed by atoms with Gasteiger partial charge in [0.25, 0.3) is 0 Å². The Morgan fingerprint density at radius 2 is 1.86 bits per heavy atom. The number of anilines is 4. The van der Waals surface area contributed by atoms with Crippen LogP contribution in [0, 0.1) is 0 Å². The van der Waals surface area contributed by atoms with Crippen molar-refractivity contribution in [1.82, 2.24) is 20.0 Å². The van der Waals surface area contributed by atoms with E-state index < -0.39 is 24.4 Å². The zero-order valence-corrected chi connectivity index (χ0v) is 24.3. The van der Waals surface area contributed by atoms with Gasteiger partial charge < -0.3 is 30.9 Å². The molecule has 1 aromatic heterocycles. The number of benzene rings is 2. The molecule has 2 aromatic carbocycles. The molecule has 1 saturated heterocycles. The van der Waals surface area contributed by atoms with Gasteiger partial charge in [-0.1, -0.05) is 18.7 Å².